The van der Waals surface area contributed by atoms with Gasteiger partial charge in [-0.05, 0) is 64.6 Å². The zero-order valence-electron chi connectivity index (χ0n) is 16.4. The van der Waals surface area contributed by atoms with Crippen LogP contribution in [0.5, 0.6) is 0 Å². The Morgan fingerprint density at radius 1 is 0.926 bits per heavy atom. The molecule has 27 heavy (non-hydrogen) atoms. The lowest BCUT2D eigenvalue weighted by Gasteiger charge is -2.42. The number of hydrogen-bond acceptors (Lipinski definition) is 2. The van der Waals surface area contributed by atoms with E-state index in [4.69, 9.17) is 5.11 Å². The van der Waals surface area contributed by atoms with Crippen LogP contribution in [0, 0.1) is 0 Å². The van der Waals surface area contributed by atoms with Gasteiger partial charge in [0.2, 0.25) is 0 Å². The van der Waals surface area contributed by atoms with Gasteiger partial charge in [-0.15, -0.1) is 0 Å². The summed E-state index contributed by atoms with van der Waals surface area (Å²) in [6.45, 7) is 9.01. The SMILES string of the molecule is CC1(C)CCC(C)(C)c2cc(C(=O)Nc3ccc(CC(=O)O)cc3)ccc21. The Balaban J connectivity index is 1.83. The largest absolute Gasteiger partial charge is 0.481 e. The molecule has 2 aromatic rings. The summed E-state index contributed by atoms with van der Waals surface area (Å²) < 4.78 is 0. The van der Waals surface area contributed by atoms with Gasteiger partial charge in [-0.2, -0.15) is 0 Å². The predicted octanol–water partition coefficient (Wildman–Crippen LogP) is 4.92. The molecule has 0 fully saturated rings. The van der Waals surface area contributed by atoms with Crippen molar-refractivity contribution in [2.75, 3.05) is 5.32 Å². The molecule has 0 saturated heterocycles. The first-order valence-electron chi connectivity index (χ1n) is 9.36. The maximum atomic E-state index is 12.7. The van der Waals surface area contributed by atoms with Gasteiger partial charge < -0.3 is 10.4 Å². The molecule has 4 nitrogen and oxygen atoms in total. The van der Waals surface area contributed by atoms with Gasteiger partial charge in [-0.25, -0.2) is 0 Å². The van der Waals surface area contributed by atoms with Gasteiger partial charge in [0.15, 0.2) is 0 Å². The Bertz CT molecular complexity index is 879. The number of carboxylic acid groups (broad SMARTS) is 1. The van der Waals surface area contributed by atoms with Crippen LogP contribution in [0.2, 0.25) is 0 Å². The average molecular weight is 365 g/mol. The highest BCUT2D eigenvalue weighted by atomic mass is 16.4. The Hall–Kier alpha value is -2.62. The molecule has 0 spiro atoms. The van der Waals surface area contributed by atoms with E-state index in [0.29, 0.717) is 16.8 Å². The Morgan fingerprint density at radius 2 is 1.52 bits per heavy atom. The van der Waals surface area contributed by atoms with E-state index < -0.39 is 5.97 Å². The number of hydrogen-bond donors (Lipinski definition) is 2. The fraction of sp³-hybridized carbons (Fsp3) is 0.391. The van der Waals surface area contributed by atoms with Crippen LogP contribution in [0.25, 0.3) is 0 Å². The number of anilines is 1. The number of carboxylic acids is 1. The van der Waals surface area contributed by atoms with E-state index in [1.165, 1.54) is 11.1 Å². The van der Waals surface area contributed by atoms with E-state index in [-0.39, 0.29) is 23.2 Å². The molecule has 0 unspecified atom stereocenters. The van der Waals surface area contributed by atoms with Gasteiger partial charge in [0.25, 0.3) is 5.91 Å². The molecule has 0 heterocycles. The zero-order valence-corrected chi connectivity index (χ0v) is 16.4. The van der Waals surface area contributed by atoms with Gasteiger partial charge in [-0.3, -0.25) is 9.59 Å². The number of amides is 1. The minimum absolute atomic E-state index is 0.0239. The van der Waals surface area contributed by atoms with Crippen molar-refractivity contribution in [2.24, 2.45) is 0 Å². The number of carbonyl (C=O) groups excluding carboxylic acids is 1. The maximum Gasteiger partial charge on any atom is 0.307 e. The van der Waals surface area contributed by atoms with Crippen molar-refractivity contribution in [3.63, 3.8) is 0 Å². The lowest BCUT2D eigenvalue weighted by atomic mass is 9.63. The lowest BCUT2D eigenvalue weighted by Crippen LogP contribution is -2.34. The fourth-order valence-corrected chi connectivity index (χ4v) is 3.81. The van der Waals surface area contributed by atoms with Crippen LogP contribution in [0.1, 0.15) is 67.6 Å². The van der Waals surface area contributed by atoms with E-state index in [1.807, 2.05) is 12.1 Å². The van der Waals surface area contributed by atoms with Crippen LogP contribution in [0.15, 0.2) is 42.5 Å². The Labute approximate surface area is 160 Å². The highest BCUT2D eigenvalue weighted by Gasteiger charge is 2.37. The second kappa shape index (κ2) is 6.84. The molecule has 2 N–H and O–H groups in total. The van der Waals surface area contributed by atoms with Crippen LogP contribution in [-0.2, 0) is 22.0 Å². The first-order chi connectivity index (χ1) is 12.6. The number of benzene rings is 2. The van der Waals surface area contributed by atoms with E-state index in [0.717, 1.165) is 12.8 Å². The summed E-state index contributed by atoms with van der Waals surface area (Å²) >= 11 is 0. The third-order valence-electron chi connectivity index (χ3n) is 5.68. The van der Waals surface area contributed by atoms with Crippen LogP contribution in [0.3, 0.4) is 0 Å². The first-order valence-corrected chi connectivity index (χ1v) is 9.36. The van der Waals surface area contributed by atoms with Crippen molar-refractivity contribution >= 4 is 17.6 Å². The molecule has 0 atom stereocenters. The van der Waals surface area contributed by atoms with Crippen LogP contribution >= 0.6 is 0 Å². The van der Waals surface area contributed by atoms with Gasteiger partial charge in [0.1, 0.15) is 0 Å². The minimum Gasteiger partial charge on any atom is -0.481 e. The third-order valence-corrected chi connectivity index (χ3v) is 5.68. The summed E-state index contributed by atoms with van der Waals surface area (Å²) in [6, 6.07) is 13.0. The molecule has 1 aliphatic rings. The van der Waals surface area contributed by atoms with Crippen LogP contribution < -0.4 is 5.32 Å². The monoisotopic (exact) mass is 365 g/mol. The number of carbonyl (C=O) groups is 2. The molecule has 0 aromatic heterocycles. The lowest BCUT2D eigenvalue weighted by molar-refractivity contribution is -0.136. The molecule has 1 amide bonds. The first kappa shape index (κ1) is 19.2. The number of fused-ring (bicyclic) bond motifs is 1. The van der Waals surface area contributed by atoms with Gasteiger partial charge in [0, 0.05) is 11.3 Å². The van der Waals surface area contributed by atoms with E-state index >= 15 is 0 Å². The van der Waals surface area contributed by atoms with Crippen molar-refractivity contribution < 1.29 is 14.7 Å². The van der Waals surface area contributed by atoms with Crippen molar-refractivity contribution in [1.29, 1.82) is 0 Å². The highest BCUT2D eigenvalue weighted by molar-refractivity contribution is 6.04. The summed E-state index contributed by atoms with van der Waals surface area (Å²) in [4.78, 5) is 23.5. The van der Waals surface area contributed by atoms with E-state index in [2.05, 4.69) is 39.1 Å². The Kier molecular flexibility index (Phi) is 4.85. The normalized spacial score (nSPS) is 17.0. The number of rotatable bonds is 4. The summed E-state index contributed by atoms with van der Waals surface area (Å²) in [7, 11) is 0. The van der Waals surface area contributed by atoms with Gasteiger partial charge in [0.05, 0.1) is 6.42 Å². The molecular weight excluding hydrogens is 338 g/mol. The van der Waals surface area contributed by atoms with Crippen molar-refractivity contribution in [1.82, 2.24) is 0 Å². The third kappa shape index (κ3) is 4.05. The number of nitrogens with one attached hydrogen (secondary N) is 1. The average Bonchev–Trinajstić information content (AvgIpc) is 2.60. The smallest absolute Gasteiger partial charge is 0.307 e. The maximum absolute atomic E-state index is 12.7. The molecule has 0 saturated carbocycles. The standard InChI is InChI=1S/C23H27NO3/c1-22(2)11-12-23(3,4)19-14-16(7-10-18(19)22)21(27)24-17-8-5-15(6-9-17)13-20(25)26/h5-10,14H,11-13H2,1-4H3,(H,24,27)(H,25,26). The highest BCUT2D eigenvalue weighted by Crippen LogP contribution is 2.45. The summed E-state index contributed by atoms with van der Waals surface area (Å²) in [5, 5.41) is 11.7. The molecule has 1 aliphatic carbocycles. The summed E-state index contributed by atoms with van der Waals surface area (Å²) in [6.07, 6.45) is 2.22. The minimum atomic E-state index is -0.869. The molecule has 2 aromatic carbocycles. The van der Waals surface area contributed by atoms with E-state index in [9.17, 15) is 9.59 Å². The molecule has 0 bridgehead atoms. The zero-order chi connectivity index (χ0) is 19.8. The second-order valence-corrected chi connectivity index (χ2v) is 8.75. The molecule has 0 radical (unpaired) electrons. The predicted molar refractivity (Wildman–Crippen MR) is 107 cm³/mol. The van der Waals surface area contributed by atoms with E-state index in [1.54, 1.807) is 24.3 Å². The van der Waals surface area contributed by atoms with Crippen LogP contribution in [0.4, 0.5) is 5.69 Å². The van der Waals surface area contributed by atoms with Crippen molar-refractivity contribution in [2.45, 2.75) is 57.8 Å². The molecular formula is C23H27NO3. The second-order valence-electron chi connectivity index (χ2n) is 8.75. The molecule has 142 valence electrons. The fourth-order valence-electron chi connectivity index (χ4n) is 3.81. The summed E-state index contributed by atoms with van der Waals surface area (Å²) in [5.41, 5.74) is 4.77. The molecule has 4 heteroatoms. The topological polar surface area (TPSA) is 66.4 Å². The molecule has 3 rings (SSSR count). The molecule has 0 aliphatic heterocycles. The van der Waals surface area contributed by atoms with Gasteiger partial charge >= 0.3 is 5.97 Å². The van der Waals surface area contributed by atoms with Crippen LogP contribution in [-0.4, -0.2) is 17.0 Å². The Morgan fingerprint density at radius 3 is 2.11 bits per heavy atom. The van der Waals surface area contributed by atoms with Crippen molar-refractivity contribution in [3.8, 4) is 0 Å². The summed E-state index contributed by atoms with van der Waals surface area (Å²) in [5.74, 6) is -1.02. The quantitative estimate of drug-likeness (QED) is 0.808. The van der Waals surface area contributed by atoms with Crippen molar-refractivity contribution in [3.05, 3.63) is 64.7 Å². The van der Waals surface area contributed by atoms with Gasteiger partial charge in [-0.1, -0.05) is 45.9 Å². The number of aliphatic carboxylic acids is 1.